The second-order valence-corrected chi connectivity index (χ2v) is 7.75. The Labute approximate surface area is 184 Å². The Kier molecular flexibility index (Phi) is 6.15. The number of anilines is 1. The normalized spacial score (nSPS) is 14.5. The molecule has 0 bridgehead atoms. The van der Waals surface area contributed by atoms with Crippen LogP contribution in [0.5, 0.6) is 0 Å². The minimum Gasteiger partial charge on any atom is -0.352 e. The number of ketones is 1. The molecule has 0 amide bonds. The molecule has 0 unspecified atom stereocenters. The van der Waals surface area contributed by atoms with Crippen LogP contribution in [0.15, 0.2) is 47.4 Å². The Balaban J connectivity index is 1.75. The van der Waals surface area contributed by atoms with Gasteiger partial charge in [0.1, 0.15) is 5.65 Å². The molecule has 3 heterocycles. The molecule has 1 aliphatic rings. The third kappa shape index (κ3) is 4.38. The average molecular weight is 441 g/mol. The van der Waals surface area contributed by atoms with Gasteiger partial charge in [0.05, 0.1) is 10.9 Å². The highest BCUT2D eigenvalue weighted by atomic mass is 35.5. The van der Waals surface area contributed by atoms with Crippen LogP contribution >= 0.6 is 11.6 Å². The van der Waals surface area contributed by atoms with Crippen molar-refractivity contribution in [2.24, 2.45) is 0 Å². The summed E-state index contributed by atoms with van der Waals surface area (Å²) in [7, 11) is 0. The lowest BCUT2D eigenvalue weighted by Crippen LogP contribution is -2.44. The van der Waals surface area contributed by atoms with Crippen LogP contribution in [-0.2, 0) is 6.54 Å². The van der Waals surface area contributed by atoms with E-state index in [1.165, 1.54) is 18.3 Å². The van der Waals surface area contributed by atoms with E-state index in [9.17, 15) is 14.0 Å². The number of fused-ring (bicyclic) bond motifs is 1. The maximum Gasteiger partial charge on any atom is 0.202 e. The number of hydrogen-bond donors (Lipinski definition) is 1. The lowest BCUT2D eigenvalue weighted by Gasteiger charge is -2.29. The number of nitrogens with zero attached hydrogens (tertiary/aromatic N) is 3. The van der Waals surface area contributed by atoms with Crippen LogP contribution in [0.2, 0.25) is 5.02 Å². The molecule has 0 atom stereocenters. The molecule has 160 valence electrons. The summed E-state index contributed by atoms with van der Waals surface area (Å²) in [5, 5.41) is 3.92. The first kappa shape index (κ1) is 21.2. The number of rotatable bonds is 5. The third-order valence-corrected chi connectivity index (χ3v) is 5.56. The summed E-state index contributed by atoms with van der Waals surface area (Å²) in [5.74, 6) is -0.775. The van der Waals surface area contributed by atoms with Gasteiger partial charge in [0.15, 0.2) is 17.4 Å². The summed E-state index contributed by atoms with van der Waals surface area (Å²) < 4.78 is 16.6. The monoisotopic (exact) mass is 440 g/mol. The van der Waals surface area contributed by atoms with Gasteiger partial charge >= 0.3 is 0 Å². The molecule has 1 fully saturated rings. The van der Waals surface area contributed by atoms with E-state index >= 15 is 0 Å². The predicted octanol–water partition coefficient (Wildman–Crippen LogP) is 3.51. The molecule has 6 nitrogen and oxygen atoms in total. The highest BCUT2D eigenvalue weighted by Crippen LogP contribution is 2.22. The quantitative estimate of drug-likeness (QED) is 0.485. The van der Waals surface area contributed by atoms with Crippen LogP contribution in [0.3, 0.4) is 0 Å². The number of hydrogen-bond acceptors (Lipinski definition) is 5. The molecule has 4 rings (SSSR count). The SMILES string of the molecule is CCn1cc(C(=O)C=Cc2ccc(Cl)cc2)c(=O)c2cc(F)c(N3CCNCC3)nc21. The Morgan fingerprint density at radius 2 is 1.97 bits per heavy atom. The summed E-state index contributed by atoms with van der Waals surface area (Å²) in [6.07, 6.45) is 4.46. The topological polar surface area (TPSA) is 67.2 Å². The number of carbonyl (C=O) groups is 1. The van der Waals surface area contributed by atoms with E-state index in [1.807, 2.05) is 11.8 Å². The number of allylic oxidation sites excluding steroid dienone is 1. The Hall–Kier alpha value is -3.03. The fourth-order valence-corrected chi connectivity index (χ4v) is 3.75. The van der Waals surface area contributed by atoms with Crippen LogP contribution < -0.4 is 15.6 Å². The molecule has 1 aliphatic heterocycles. The van der Waals surface area contributed by atoms with Gasteiger partial charge in [0, 0.05) is 43.9 Å². The summed E-state index contributed by atoms with van der Waals surface area (Å²) in [5.41, 5.74) is 0.614. The van der Waals surface area contributed by atoms with Gasteiger partial charge in [0.2, 0.25) is 5.43 Å². The number of carbonyl (C=O) groups excluding carboxylic acids is 1. The molecular weight excluding hydrogens is 419 g/mol. The maximum absolute atomic E-state index is 14.9. The molecule has 0 aliphatic carbocycles. The fourth-order valence-electron chi connectivity index (χ4n) is 3.63. The molecule has 8 heteroatoms. The Morgan fingerprint density at radius 1 is 1.26 bits per heavy atom. The molecule has 31 heavy (non-hydrogen) atoms. The first-order valence-corrected chi connectivity index (χ1v) is 10.5. The van der Waals surface area contributed by atoms with Gasteiger partial charge in [-0.05, 0) is 36.8 Å². The third-order valence-electron chi connectivity index (χ3n) is 5.30. The molecular formula is C23H22ClFN4O2. The summed E-state index contributed by atoms with van der Waals surface area (Å²) in [4.78, 5) is 32.1. The van der Waals surface area contributed by atoms with Crippen molar-refractivity contribution in [3.63, 3.8) is 0 Å². The zero-order valence-corrected chi connectivity index (χ0v) is 17.8. The molecule has 1 aromatic carbocycles. The lowest BCUT2D eigenvalue weighted by atomic mass is 10.1. The highest BCUT2D eigenvalue weighted by molar-refractivity contribution is 6.30. The standard InChI is InChI=1S/C23H22ClFN4O2/c1-2-28-14-18(20(30)8-5-15-3-6-16(24)7-4-15)21(31)17-13-19(25)23(27-22(17)28)29-11-9-26-10-12-29/h3-8,13-14,26H,2,9-12H2,1H3. The summed E-state index contributed by atoms with van der Waals surface area (Å²) in [6.45, 7) is 5.13. The van der Waals surface area contributed by atoms with Crippen molar-refractivity contribution in [3.05, 3.63) is 74.8 Å². The smallest absolute Gasteiger partial charge is 0.202 e. The van der Waals surface area contributed by atoms with Crippen molar-refractivity contribution >= 4 is 40.3 Å². The zero-order valence-electron chi connectivity index (χ0n) is 17.1. The van der Waals surface area contributed by atoms with Gasteiger partial charge < -0.3 is 14.8 Å². The molecule has 1 N–H and O–H groups in total. The first-order valence-electron chi connectivity index (χ1n) is 10.1. The number of piperazine rings is 1. The highest BCUT2D eigenvalue weighted by Gasteiger charge is 2.21. The van der Waals surface area contributed by atoms with Crippen LogP contribution in [0.1, 0.15) is 22.8 Å². The number of halogens is 2. The second kappa shape index (κ2) is 8.99. The Morgan fingerprint density at radius 3 is 2.65 bits per heavy atom. The average Bonchev–Trinajstić information content (AvgIpc) is 2.79. The second-order valence-electron chi connectivity index (χ2n) is 7.31. The van der Waals surface area contributed by atoms with Gasteiger partial charge in [-0.25, -0.2) is 9.37 Å². The molecule has 3 aromatic rings. The maximum atomic E-state index is 14.9. The van der Waals surface area contributed by atoms with E-state index in [4.69, 9.17) is 11.6 Å². The number of benzene rings is 1. The van der Waals surface area contributed by atoms with Crippen LogP contribution in [0.25, 0.3) is 17.1 Å². The number of nitrogens with one attached hydrogen (secondary N) is 1. The van der Waals surface area contributed by atoms with Gasteiger partial charge in [-0.3, -0.25) is 9.59 Å². The minimum absolute atomic E-state index is 0.0179. The molecule has 1 saturated heterocycles. The Bertz CT molecular complexity index is 1210. The minimum atomic E-state index is -0.560. The first-order chi connectivity index (χ1) is 15.0. The number of pyridine rings is 2. The van der Waals surface area contributed by atoms with E-state index in [-0.39, 0.29) is 16.8 Å². The van der Waals surface area contributed by atoms with Gasteiger partial charge in [-0.2, -0.15) is 0 Å². The van der Waals surface area contributed by atoms with Crippen LogP contribution in [0.4, 0.5) is 10.2 Å². The van der Waals surface area contributed by atoms with Crippen molar-refractivity contribution < 1.29 is 9.18 Å². The molecule has 2 aromatic heterocycles. The molecule has 0 spiro atoms. The largest absolute Gasteiger partial charge is 0.352 e. The molecule has 0 saturated carbocycles. The van der Waals surface area contributed by atoms with Crippen molar-refractivity contribution in [1.82, 2.24) is 14.9 Å². The van der Waals surface area contributed by atoms with Crippen LogP contribution in [0, 0.1) is 5.82 Å². The van der Waals surface area contributed by atoms with Crippen molar-refractivity contribution in [2.45, 2.75) is 13.5 Å². The van der Waals surface area contributed by atoms with Crippen molar-refractivity contribution in [2.75, 3.05) is 31.1 Å². The summed E-state index contributed by atoms with van der Waals surface area (Å²) in [6, 6.07) is 8.18. The van der Waals surface area contributed by atoms with Crippen molar-refractivity contribution in [3.8, 4) is 0 Å². The van der Waals surface area contributed by atoms with E-state index in [2.05, 4.69) is 10.3 Å². The summed E-state index contributed by atoms with van der Waals surface area (Å²) >= 11 is 5.88. The van der Waals surface area contributed by atoms with E-state index in [0.717, 1.165) is 18.7 Å². The fraction of sp³-hybridized carbons (Fsp3) is 0.261. The van der Waals surface area contributed by atoms with Gasteiger partial charge in [-0.15, -0.1) is 0 Å². The number of aryl methyl sites for hydroxylation is 1. The molecule has 0 radical (unpaired) electrons. The van der Waals surface area contributed by atoms with E-state index in [1.54, 1.807) is 34.9 Å². The van der Waals surface area contributed by atoms with Gasteiger partial charge in [-0.1, -0.05) is 29.8 Å². The van der Waals surface area contributed by atoms with E-state index < -0.39 is 17.0 Å². The van der Waals surface area contributed by atoms with Gasteiger partial charge in [0.25, 0.3) is 0 Å². The zero-order chi connectivity index (χ0) is 22.0. The predicted molar refractivity (Wildman–Crippen MR) is 122 cm³/mol. The lowest BCUT2D eigenvalue weighted by molar-refractivity contribution is 0.104. The van der Waals surface area contributed by atoms with E-state index in [0.29, 0.717) is 30.3 Å². The van der Waals surface area contributed by atoms with Crippen molar-refractivity contribution in [1.29, 1.82) is 0 Å². The van der Waals surface area contributed by atoms with Crippen LogP contribution in [-0.4, -0.2) is 41.5 Å². The number of aromatic nitrogens is 2.